The van der Waals surface area contributed by atoms with Gasteiger partial charge in [-0.2, -0.15) is 5.10 Å². The van der Waals surface area contributed by atoms with Crippen LogP contribution in [0.1, 0.15) is 40.9 Å². The van der Waals surface area contributed by atoms with Gasteiger partial charge in [0.2, 0.25) is 0 Å². The maximum Gasteiger partial charge on any atom is 0.251 e. The highest BCUT2D eigenvalue weighted by Crippen LogP contribution is 2.13. The summed E-state index contributed by atoms with van der Waals surface area (Å²) in [5, 5.41) is 13.9. The Balaban J connectivity index is 1.50. The predicted molar refractivity (Wildman–Crippen MR) is 115 cm³/mol. The summed E-state index contributed by atoms with van der Waals surface area (Å²) in [6.45, 7) is 6.24. The summed E-state index contributed by atoms with van der Waals surface area (Å²) < 4.78 is 20.7. The molecule has 2 aromatic rings. The fourth-order valence-corrected chi connectivity index (χ4v) is 3.36. The number of nitrogens with one attached hydrogen (secondary N) is 3. The van der Waals surface area contributed by atoms with Gasteiger partial charge in [0.15, 0.2) is 11.8 Å². The average molecular weight is 432 g/mol. The fraction of sp³-hybridized carbons (Fsp3) is 0.524. The smallest absolute Gasteiger partial charge is 0.251 e. The number of guanidine groups is 1. The van der Waals surface area contributed by atoms with Gasteiger partial charge in [0.25, 0.3) is 5.91 Å². The average Bonchev–Trinajstić information content (AvgIpc) is 3.15. The van der Waals surface area contributed by atoms with Crippen molar-refractivity contribution in [3.63, 3.8) is 0 Å². The lowest BCUT2D eigenvalue weighted by Gasteiger charge is -2.25. The van der Waals surface area contributed by atoms with Gasteiger partial charge >= 0.3 is 0 Å². The Morgan fingerprint density at radius 1 is 1.39 bits per heavy atom. The van der Waals surface area contributed by atoms with Crippen LogP contribution in [0.15, 0.2) is 23.2 Å². The molecule has 1 amide bonds. The van der Waals surface area contributed by atoms with Crippen LogP contribution in [-0.2, 0) is 24.3 Å². The van der Waals surface area contributed by atoms with Crippen molar-refractivity contribution >= 4 is 11.9 Å². The molecule has 1 aliphatic heterocycles. The highest BCUT2D eigenvalue weighted by atomic mass is 19.1. The Hall–Kier alpha value is -3.01. The third-order valence-corrected chi connectivity index (χ3v) is 4.96. The van der Waals surface area contributed by atoms with Crippen LogP contribution in [0.25, 0.3) is 0 Å². The summed E-state index contributed by atoms with van der Waals surface area (Å²) in [4.78, 5) is 21.2. The van der Waals surface area contributed by atoms with E-state index in [9.17, 15) is 9.18 Å². The van der Waals surface area contributed by atoms with E-state index in [1.807, 2.05) is 11.6 Å². The van der Waals surface area contributed by atoms with E-state index in [0.29, 0.717) is 49.2 Å². The van der Waals surface area contributed by atoms with Gasteiger partial charge in [-0.1, -0.05) is 6.07 Å². The molecular weight excluding hydrogens is 401 g/mol. The molecular formula is C21H30FN7O2. The molecule has 0 radical (unpaired) electrons. The van der Waals surface area contributed by atoms with Crippen molar-refractivity contribution in [3.05, 3.63) is 46.8 Å². The molecule has 10 heteroatoms. The first-order valence-corrected chi connectivity index (χ1v) is 10.5. The highest BCUT2D eigenvalue weighted by Gasteiger charge is 2.22. The van der Waals surface area contributed by atoms with Crippen molar-refractivity contribution in [2.75, 3.05) is 26.7 Å². The van der Waals surface area contributed by atoms with E-state index in [4.69, 9.17) is 4.74 Å². The molecule has 1 aromatic carbocycles. The van der Waals surface area contributed by atoms with E-state index in [2.05, 4.69) is 31.0 Å². The van der Waals surface area contributed by atoms with Gasteiger partial charge in [-0.05, 0) is 38.0 Å². The predicted octanol–water partition coefficient (Wildman–Crippen LogP) is 1.17. The minimum atomic E-state index is -0.387. The number of ether oxygens (including phenoxy) is 1. The SMILES string of the molecule is CCNC(=NCCNC(=O)c1ccc(C)c(F)c1)NC1CCc2nc(COC)nn2C1. The second kappa shape index (κ2) is 10.9. The van der Waals surface area contributed by atoms with E-state index < -0.39 is 0 Å². The van der Waals surface area contributed by atoms with Crippen LogP contribution in [0, 0.1) is 12.7 Å². The van der Waals surface area contributed by atoms with Crippen LogP contribution in [0.5, 0.6) is 0 Å². The molecule has 3 rings (SSSR count). The second-order valence-corrected chi connectivity index (χ2v) is 7.42. The number of rotatable bonds is 8. The lowest BCUT2D eigenvalue weighted by atomic mass is 10.1. The molecule has 0 aliphatic carbocycles. The number of amides is 1. The molecule has 0 fully saturated rings. The molecule has 2 heterocycles. The maximum atomic E-state index is 13.6. The Bertz CT molecular complexity index is 928. The second-order valence-electron chi connectivity index (χ2n) is 7.42. The van der Waals surface area contributed by atoms with Gasteiger partial charge in [0.05, 0.1) is 13.1 Å². The van der Waals surface area contributed by atoms with E-state index in [-0.39, 0.29) is 17.8 Å². The van der Waals surface area contributed by atoms with E-state index in [1.165, 1.54) is 6.07 Å². The summed E-state index contributed by atoms with van der Waals surface area (Å²) in [5.74, 6) is 1.65. The number of methoxy groups -OCH3 is 1. The number of hydrogen-bond donors (Lipinski definition) is 3. The van der Waals surface area contributed by atoms with E-state index in [0.717, 1.165) is 25.2 Å². The minimum absolute atomic E-state index is 0.174. The molecule has 168 valence electrons. The summed E-state index contributed by atoms with van der Waals surface area (Å²) in [7, 11) is 1.63. The zero-order valence-corrected chi connectivity index (χ0v) is 18.2. The molecule has 3 N–H and O–H groups in total. The van der Waals surface area contributed by atoms with Crippen LogP contribution >= 0.6 is 0 Å². The van der Waals surface area contributed by atoms with Gasteiger partial charge < -0.3 is 20.7 Å². The van der Waals surface area contributed by atoms with Crippen LogP contribution < -0.4 is 16.0 Å². The molecule has 1 unspecified atom stereocenters. The number of aryl methyl sites for hydroxylation is 2. The normalized spacial score (nSPS) is 16.0. The van der Waals surface area contributed by atoms with Crippen molar-refractivity contribution in [3.8, 4) is 0 Å². The summed E-state index contributed by atoms with van der Waals surface area (Å²) >= 11 is 0. The molecule has 1 aliphatic rings. The van der Waals surface area contributed by atoms with Crippen molar-refractivity contribution in [1.29, 1.82) is 0 Å². The van der Waals surface area contributed by atoms with Gasteiger partial charge in [0.1, 0.15) is 18.2 Å². The fourth-order valence-electron chi connectivity index (χ4n) is 3.36. The highest BCUT2D eigenvalue weighted by molar-refractivity contribution is 5.94. The Labute approximate surface area is 181 Å². The number of carbonyl (C=O) groups is 1. The quantitative estimate of drug-likeness (QED) is 0.329. The first-order chi connectivity index (χ1) is 15.0. The number of aromatic nitrogens is 3. The Kier molecular flexibility index (Phi) is 7.94. The molecule has 9 nitrogen and oxygen atoms in total. The van der Waals surface area contributed by atoms with Gasteiger partial charge in [-0.15, -0.1) is 0 Å². The summed E-state index contributed by atoms with van der Waals surface area (Å²) in [5.41, 5.74) is 0.814. The van der Waals surface area contributed by atoms with Crippen LogP contribution in [0.2, 0.25) is 0 Å². The van der Waals surface area contributed by atoms with Gasteiger partial charge in [0, 0.05) is 38.2 Å². The number of nitrogens with zero attached hydrogens (tertiary/aromatic N) is 4. The lowest BCUT2D eigenvalue weighted by molar-refractivity contribution is 0.0954. The molecule has 0 saturated heterocycles. The summed E-state index contributed by atoms with van der Waals surface area (Å²) in [6.07, 6.45) is 1.75. The molecule has 31 heavy (non-hydrogen) atoms. The number of carbonyl (C=O) groups excluding carboxylic acids is 1. The molecule has 0 bridgehead atoms. The number of hydrogen-bond acceptors (Lipinski definition) is 5. The zero-order valence-electron chi connectivity index (χ0n) is 18.2. The van der Waals surface area contributed by atoms with Gasteiger partial charge in [-0.3, -0.25) is 9.79 Å². The largest absolute Gasteiger partial charge is 0.377 e. The zero-order chi connectivity index (χ0) is 22.2. The summed E-state index contributed by atoms with van der Waals surface area (Å²) in [6, 6.07) is 4.63. The first kappa shape index (κ1) is 22.7. The molecule has 1 aromatic heterocycles. The molecule has 0 spiro atoms. The van der Waals surface area contributed by atoms with E-state index >= 15 is 0 Å². The number of fused-ring (bicyclic) bond motifs is 1. The standard InChI is InChI=1S/C21H30FN7O2/c1-4-23-21(25-10-9-24-20(30)15-6-5-14(2)17(22)11-15)26-16-7-8-19-27-18(13-31-3)28-29(19)12-16/h5-6,11,16H,4,7-10,12-13H2,1-3H3,(H,24,30)(H2,23,25,26). The Morgan fingerprint density at radius 2 is 2.23 bits per heavy atom. The van der Waals surface area contributed by atoms with Crippen molar-refractivity contribution in [2.24, 2.45) is 4.99 Å². The topological polar surface area (TPSA) is 105 Å². The molecule has 0 saturated carbocycles. The van der Waals surface area contributed by atoms with Crippen molar-refractivity contribution in [1.82, 2.24) is 30.7 Å². The van der Waals surface area contributed by atoms with Crippen LogP contribution in [0.4, 0.5) is 4.39 Å². The minimum Gasteiger partial charge on any atom is -0.377 e. The molecule has 1 atom stereocenters. The van der Waals surface area contributed by atoms with E-state index in [1.54, 1.807) is 26.2 Å². The van der Waals surface area contributed by atoms with Crippen molar-refractivity contribution in [2.45, 2.75) is 45.9 Å². The van der Waals surface area contributed by atoms with Crippen LogP contribution in [-0.4, -0.2) is 59.4 Å². The van der Waals surface area contributed by atoms with Gasteiger partial charge in [-0.25, -0.2) is 14.1 Å². The third-order valence-electron chi connectivity index (χ3n) is 4.96. The first-order valence-electron chi connectivity index (χ1n) is 10.5. The number of benzene rings is 1. The number of aliphatic imine (C=N–C) groups is 1. The monoisotopic (exact) mass is 431 g/mol. The third kappa shape index (κ3) is 6.24. The Morgan fingerprint density at radius 3 is 2.97 bits per heavy atom. The van der Waals surface area contributed by atoms with Crippen molar-refractivity contribution < 1.29 is 13.9 Å². The lowest BCUT2D eigenvalue weighted by Crippen LogP contribution is -2.47. The number of halogens is 1. The van der Waals surface area contributed by atoms with Crippen LogP contribution in [0.3, 0.4) is 0 Å². The maximum absolute atomic E-state index is 13.6.